The van der Waals surface area contributed by atoms with Crippen LogP contribution in [0.4, 0.5) is 0 Å². The number of benzene rings is 1. The molecule has 1 aromatic carbocycles. The Kier molecular flexibility index (Phi) is 3.67. The molecule has 1 fully saturated rings. The van der Waals surface area contributed by atoms with Crippen LogP contribution in [-0.2, 0) is 6.54 Å². The topological polar surface area (TPSA) is 12.0 Å². The minimum Gasteiger partial charge on any atom is -0.310 e. The van der Waals surface area contributed by atoms with Gasteiger partial charge >= 0.3 is 0 Å². The number of nitrogens with one attached hydrogen (secondary N) is 1. The molecule has 0 amide bonds. The molecule has 0 aliphatic heterocycles. The third-order valence-corrected chi connectivity index (χ3v) is 4.96. The maximum Gasteiger partial charge on any atom is 0.0346 e. The monoisotopic (exact) mass is 259 g/mol. The van der Waals surface area contributed by atoms with Crippen molar-refractivity contribution >= 4 is 21.4 Å². The van der Waals surface area contributed by atoms with Gasteiger partial charge in [0.25, 0.3) is 0 Å². The normalized spacial score (nSPS) is 17.2. The fourth-order valence-corrected chi connectivity index (χ4v) is 3.54. The molecule has 1 saturated carbocycles. The SMILES string of the molecule is CCC(CC1CC1)NCc1csc2ccccc12. The van der Waals surface area contributed by atoms with Crippen molar-refractivity contribution in [2.45, 2.75) is 45.2 Å². The molecular weight excluding hydrogens is 238 g/mol. The molecule has 0 saturated heterocycles. The van der Waals surface area contributed by atoms with E-state index in [0.29, 0.717) is 6.04 Å². The zero-order valence-corrected chi connectivity index (χ0v) is 11.8. The second-order valence-electron chi connectivity index (χ2n) is 5.42. The number of hydrogen-bond donors (Lipinski definition) is 1. The van der Waals surface area contributed by atoms with Crippen molar-refractivity contribution in [1.29, 1.82) is 0 Å². The van der Waals surface area contributed by atoms with Gasteiger partial charge in [0.05, 0.1) is 0 Å². The van der Waals surface area contributed by atoms with Crippen LogP contribution < -0.4 is 5.32 Å². The standard InChI is InChI=1S/C16H21NS/c1-2-14(9-12-7-8-12)17-10-13-11-18-16-6-4-3-5-15(13)16/h3-6,11-12,14,17H,2,7-10H2,1H3. The smallest absolute Gasteiger partial charge is 0.0346 e. The van der Waals surface area contributed by atoms with Gasteiger partial charge in [-0.15, -0.1) is 11.3 Å². The maximum absolute atomic E-state index is 3.74. The molecule has 2 aromatic rings. The predicted molar refractivity (Wildman–Crippen MR) is 80.1 cm³/mol. The highest BCUT2D eigenvalue weighted by Gasteiger charge is 2.24. The van der Waals surface area contributed by atoms with Gasteiger partial charge in [0, 0.05) is 17.3 Å². The Morgan fingerprint density at radius 3 is 2.94 bits per heavy atom. The van der Waals surface area contributed by atoms with Crippen molar-refractivity contribution in [2.24, 2.45) is 5.92 Å². The van der Waals surface area contributed by atoms with Gasteiger partial charge in [-0.3, -0.25) is 0 Å². The van der Waals surface area contributed by atoms with E-state index >= 15 is 0 Å². The second-order valence-corrected chi connectivity index (χ2v) is 6.33. The maximum atomic E-state index is 3.74. The molecule has 3 rings (SSSR count). The molecular formula is C16H21NS. The first-order valence-electron chi connectivity index (χ1n) is 7.05. The highest BCUT2D eigenvalue weighted by atomic mass is 32.1. The van der Waals surface area contributed by atoms with E-state index < -0.39 is 0 Å². The van der Waals surface area contributed by atoms with Gasteiger partial charge in [-0.2, -0.15) is 0 Å². The van der Waals surface area contributed by atoms with Gasteiger partial charge < -0.3 is 5.32 Å². The van der Waals surface area contributed by atoms with E-state index in [1.807, 2.05) is 11.3 Å². The van der Waals surface area contributed by atoms with Gasteiger partial charge in [-0.05, 0) is 41.2 Å². The largest absolute Gasteiger partial charge is 0.310 e. The van der Waals surface area contributed by atoms with E-state index in [0.717, 1.165) is 12.5 Å². The average molecular weight is 259 g/mol. The number of fused-ring (bicyclic) bond motifs is 1. The molecule has 1 aliphatic carbocycles. The Morgan fingerprint density at radius 2 is 2.17 bits per heavy atom. The molecule has 1 nitrogen and oxygen atoms in total. The van der Waals surface area contributed by atoms with E-state index in [4.69, 9.17) is 0 Å². The summed E-state index contributed by atoms with van der Waals surface area (Å²) >= 11 is 1.86. The summed E-state index contributed by atoms with van der Waals surface area (Å²) in [7, 11) is 0. The van der Waals surface area contributed by atoms with Gasteiger partial charge in [0.2, 0.25) is 0 Å². The molecule has 1 N–H and O–H groups in total. The van der Waals surface area contributed by atoms with E-state index in [-0.39, 0.29) is 0 Å². The summed E-state index contributed by atoms with van der Waals surface area (Å²) < 4.78 is 1.41. The Morgan fingerprint density at radius 1 is 1.33 bits per heavy atom. The van der Waals surface area contributed by atoms with Crippen LogP contribution in [-0.4, -0.2) is 6.04 Å². The summed E-state index contributed by atoms with van der Waals surface area (Å²) in [6.07, 6.45) is 5.54. The highest BCUT2D eigenvalue weighted by Crippen LogP contribution is 2.34. The molecule has 1 aliphatic rings. The lowest BCUT2D eigenvalue weighted by atomic mass is 10.1. The lowest BCUT2D eigenvalue weighted by Gasteiger charge is -2.16. The number of hydrogen-bond acceptors (Lipinski definition) is 2. The van der Waals surface area contributed by atoms with Crippen molar-refractivity contribution in [2.75, 3.05) is 0 Å². The second kappa shape index (κ2) is 5.41. The van der Waals surface area contributed by atoms with Crippen LogP contribution >= 0.6 is 11.3 Å². The Bertz CT molecular complexity index is 513. The van der Waals surface area contributed by atoms with Crippen molar-refractivity contribution in [3.63, 3.8) is 0 Å². The summed E-state index contributed by atoms with van der Waals surface area (Å²) in [6, 6.07) is 9.42. The third-order valence-electron chi connectivity index (χ3n) is 3.95. The Balaban J connectivity index is 1.64. The molecule has 1 atom stereocenters. The number of thiophene rings is 1. The molecule has 0 spiro atoms. The quantitative estimate of drug-likeness (QED) is 0.801. The minimum atomic E-state index is 0.705. The molecule has 0 radical (unpaired) electrons. The Labute approximate surface area is 113 Å². The zero-order chi connectivity index (χ0) is 12.4. The van der Waals surface area contributed by atoms with Crippen molar-refractivity contribution in [3.8, 4) is 0 Å². The fourth-order valence-electron chi connectivity index (χ4n) is 2.57. The molecule has 1 aromatic heterocycles. The Hall–Kier alpha value is -0.860. The summed E-state index contributed by atoms with van der Waals surface area (Å²) in [5, 5.41) is 7.48. The third kappa shape index (κ3) is 2.76. The molecule has 18 heavy (non-hydrogen) atoms. The molecule has 96 valence electrons. The first kappa shape index (κ1) is 12.2. The van der Waals surface area contributed by atoms with Crippen LogP contribution in [0.25, 0.3) is 10.1 Å². The average Bonchev–Trinajstić information content (AvgIpc) is 3.13. The van der Waals surface area contributed by atoms with Gasteiger partial charge in [-0.1, -0.05) is 38.0 Å². The summed E-state index contributed by atoms with van der Waals surface area (Å²) in [5.41, 5.74) is 1.46. The first-order valence-corrected chi connectivity index (χ1v) is 7.93. The van der Waals surface area contributed by atoms with Gasteiger partial charge in [0.1, 0.15) is 0 Å². The summed E-state index contributed by atoms with van der Waals surface area (Å²) in [4.78, 5) is 0. The van der Waals surface area contributed by atoms with Crippen molar-refractivity contribution in [3.05, 3.63) is 35.2 Å². The molecule has 2 heteroatoms. The summed E-state index contributed by atoms with van der Waals surface area (Å²) in [6.45, 7) is 3.32. The van der Waals surface area contributed by atoms with Crippen LogP contribution in [0.2, 0.25) is 0 Å². The first-order chi connectivity index (χ1) is 8.86. The van der Waals surface area contributed by atoms with Crippen molar-refractivity contribution in [1.82, 2.24) is 5.32 Å². The van der Waals surface area contributed by atoms with E-state index in [1.165, 1.54) is 41.3 Å². The van der Waals surface area contributed by atoms with Crippen molar-refractivity contribution < 1.29 is 0 Å². The van der Waals surface area contributed by atoms with Crippen LogP contribution in [0.5, 0.6) is 0 Å². The van der Waals surface area contributed by atoms with Gasteiger partial charge in [0.15, 0.2) is 0 Å². The van der Waals surface area contributed by atoms with E-state index in [1.54, 1.807) is 0 Å². The van der Waals surface area contributed by atoms with Gasteiger partial charge in [-0.25, -0.2) is 0 Å². The van der Waals surface area contributed by atoms with Crippen LogP contribution in [0, 0.1) is 5.92 Å². The lowest BCUT2D eigenvalue weighted by molar-refractivity contribution is 0.446. The molecule has 1 unspecified atom stereocenters. The number of rotatable bonds is 6. The van der Waals surface area contributed by atoms with E-state index in [2.05, 4.69) is 41.9 Å². The van der Waals surface area contributed by atoms with Crippen LogP contribution in [0.1, 0.15) is 38.2 Å². The lowest BCUT2D eigenvalue weighted by Crippen LogP contribution is -2.28. The zero-order valence-electron chi connectivity index (χ0n) is 11.0. The molecule has 1 heterocycles. The minimum absolute atomic E-state index is 0.705. The summed E-state index contributed by atoms with van der Waals surface area (Å²) in [5.74, 6) is 1.02. The predicted octanol–water partition coefficient (Wildman–Crippen LogP) is 4.57. The van der Waals surface area contributed by atoms with E-state index in [9.17, 15) is 0 Å². The van der Waals surface area contributed by atoms with Crippen LogP contribution in [0.3, 0.4) is 0 Å². The van der Waals surface area contributed by atoms with Crippen LogP contribution in [0.15, 0.2) is 29.6 Å². The molecule has 0 bridgehead atoms. The highest BCUT2D eigenvalue weighted by molar-refractivity contribution is 7.17. The fraction of sp³-hybridized carbons (Fsp3) is 0.500.